The van der Waals surface area contributed by atoms with Crippen LogP contribution in [0.3, 0.4) is 0 Å². The molecule has 0 unspecified atom stereocenters. The molecule has 0 saturated heterocycles. The largest absolute Gasteiger partial charge is 0.370 e. The zero-order chi connectivity index (χ0) is 15.3. The SMILES string of the molecule is CCN(CC)C(N)=NCC(C)(C)c1c(Cl)cccc1Cl.I. The van der Waals surface area contributed by atoms with Crippen molar-refractivity contribution in [3.63, 3.8) is 0 Å². The Balaban J connectivity index is 0.00000400. The van der Waals surface area contributed by atoms with E-state index in [4.69, 9.17) is 28.9 Å². The number of benzene rings is 1. The van der Waals surface area contributed by atoms with Gasteiger partial charge in [-0.1, -0.05) is 43.1 Å². The molecule has 0 radical (unpaired) electrons. The van der Waals surface area contributed by atoms with Gasteiger partial charge in [0, 0.05) is 28.5 Å². The fourth-order valence-corrected chi connectivity index (χ4v) is 3.06. The molecule has 0 saturated carbocycles. The van der Waals surface area contributed by atoms with Crippen LogP contribution in [0.1, 0.15) is 33.3 Å². The van der Waals surface area contributed by atoms with Gasteiger partial charge in [-0.05, 0) is 31.5 Å². The monoisotopic (exact) mass is 443 g/mol. The summed E-state index contributed by atoms with van der Waals surface area (Å²) < 4.78 is 0. The molecule has 120 valence electrons. The summed E-state index contributed by atoms with van der Waals surface area (Å²) in [5.41, 5.74) is 6.66. The Morgan fingerprint density at radius 3 is 2.10 bits per heavy atom. The van der Waals surface area contributed by atoms with Crippen molar-refractivity contribution in [1.29, 1.82) is 0 Å². The van der Waals surface area contributed by atoms with E-state index in [0.29, 0.717) is 22.5 Å². The first-order valence-corrected chi connectivity index (χ1v) is 7.58. The van der Waals surface area contributed by atoms with E-state index in [2.05, 4.69) is 32.7 Å². The highest BCUT2D eigenvalue weighted by molar-refractivity contribution is 14.0. The van der Waals surface area contributed by atoms with Crippen LogP contribution >= 0.6 is 47.2 Å². The van der Waals surface area contributed by atoms with E-state index >= 15 is 0 Å². The maximum absolute atomic E-state index is 6.27. The number of nitrogens with two attached hydrogens (primary N) is 1. The minimum Gasteiger partial charge on any atom is -0.370 e. The van der Waals surface area contributed by atoms with Crippen LogP contribution in [-0.2, 0) is 5.41 Å². The number of hydrogen-bond donors (Lipinski definition) is 1. The lowest BCUT2D eigenvalue weighted by Crippen LogP contribution is -2.38. The summed E-state index contributed by atoms with van der Waals surface area (Å²) in [6.45, 7) is 10.5. The van der Waals surface area contributed by atoms with E-state index in [1.807, 2.05) is 23.1 Å². The van der Waals surface area contributed by atoms with Gasteiger partial charge >= 0.3 is 0 Å². The van der Waals surface area contributed by atoms with Crippen molar-refractivity contribution in [3.05, 3.63) is 33.8 Å². The third kappa shape index (κ3) is 5.49. The fraction of sp³-hybridized carbons (Fsp3) is 0.533. The van der Waals surface area contributed by atoms with Gasteiger partial charge in [0.05, 0.1) is 6.54 Å². The molecule has 1 aromatic rings. The Morgan fingerprint density at radius 2 is 1.67 bits per heavy atom. The summed E-state index contributed by atoms with van der Waals surface area (Å²) in [6.07, 6.45) is 0. The number of hydrogen-bond acceptors (Lipinski definition) is 1. The van der Waals surface area contributed by atoms with E-state index in [0.717, 1.165) is 18.7 Å². The molecule has 0 fully saturated rings. The molecule has 0 aliphatic rings. The molecule has 2 N–H and O–H groups in total. The van der Waals surface area contributed by atoms with E-state index in [1.165, 1.54) is 0 Å². The van der Waals surface area contributed by atoms with Crippen LogP contribution in [0.15, 0.2) is 23.2 Å². The number of rotatable bonds is 5. The molecular weight excluding hydrogens is 420 g/mol. The van der Waals surface area contributed by atoms with Crippen molar-refractivity contribution < 1.29 is 0 Å². The Labute approximate surface area is 154 Å². The Hall–Kier alpha value is -0.200. The van der Waals surface area contributed by atoms with E-state index < -0.39 is 0 Å². The molecule has 21 heavy (non-hydrogen) atoms. The molecule has 0 aromatic heterocycles. The van der Waals surface area contributed by atoms with Gasteiger partial charge in [0.2, 0.25) is 0 Å². The predicted octanol–water partition coefficient (Wildman–Crippen LogP) is 4.55. The van der Waals surface area contributed by atoms with Crippen molar-refractivity contribution in [2.45, 2.75) is 33.1 Å². The minimum absolute atomic E-state index is 0. The first kappa shape index (κ1) is 20.8. The second kappa shape index (κ2) is 9.06. The molecule has 0 spiro atoms. The van der Waals surface area contributed by atoms with Gasteiger partial charge < -0.3 is 10.6 Å². The van der Waals surface area contributed by atoms with E-state index in [-0.39, 0.29) is 29.4 Å². The number of nitrogens with zero attached hydrogens (tertiary/aromatic N) is 2. The minimum atomic E-state index is -0.271. The zero-order valence-electron chi connectivity index (χ0n) is 13.0. The smallest absolute Gasteiger partial charge is 0.191 e. The van der Waals surface area contributed by atoms with Crippen LogP contribution in [0.5, 0.6) is 0 Å². The summed E-state index contributed by atoms with van der Waals surface area (Å²) >= 11 is 12.5. The molecule has 1 rings (SSSR count). The van der Waals surface area contributed by atoms with Crippen molar-refractivity contribution >= 4 is 53.1 Å². The Morgan fingerprint density at radius 1 is 1.19 bits per heavy atom. The summed E-state index contributed by atoms with van der Waals surface area (Å²) in [5.74, 6) is 0.561. The molecule has 0 heterocycles. The number of aliphatic imine (C=N–C) groups is 1. The lowest BCUT2D eigenvalue weighted by atomic mass is 9.84. The van der Waals surface area contributed by atoms with Crippen LogP contribution in [0.2, 0.25) is 10.0 Å². The summed E-state index contributed by atoms with van der Waals surface area (Å²) in [7, 11) is 0. The predicted molar refractivity (Wildman–Crippen MR) is 104 cm³/mol. The summed E-state index contributed by atoms with van der Waals surface area (Å²) in [5, 5.41) is 1.33. The van der Waals surface area contributed by atoms with Crippen molar-refractivity contribution in [3.8, 4) is 0 Å². The van der Waals surface area contributed by atoms with Gasteiger partial charge in [-0.15, -0.1) is 24.0 Å². The van der Waals surface area contributed by atoms with Gasteiger partial charge in [0.1, 0.15) is 0 Å². The third-order valence-electron chi connectivity index (χ3n) is 3.36. The maximum Gasteiger partial charge on any atom is 0.191 e. The Kier molecular flexibility index (Phi) is 8.97. The molecule has 0 bridgehead atoms. The number of halogens is 3. The molecule has 0 aliphatic carbocycles. The summed E-state index contributed by atoms with van der Waals surface area (Å²) in [6, 6.07) is 5.54. The number of guanidine groups is 1. The molecule has 1 aromatic carbocycles. The maximum atomic E-state index is 6.27. The van der Waals surface area contributed by atoms with Crippen LogP contribution in [0, 0.1) is 0 Å². The van der Waals surface area contributed by atoms with Crippen LogP contribution in [0.25, 0.3) is 0 Å². The van der Waals surface area contributed by atoms with Crippen molar-refractivity contribution in [2.24, 2.45) is 10.7 Å². The third-order valence-corrected chi connectivity index (χ3v) is 3.99. The van der Waals surface area contributed by atoms with Crippen LogP contribution < -0.4 is 5.73 Å². The molecule has 6 heteroatoms. The van der Waals surface area contributed by atoms with Crippen molar-refractivity contribution in [1.82, 2.24) is 4.90 Å². The molecule has 3 nitrogen and oxygen atoms in total. The lowest BCUT2D eigenvalue weighted by Gasteiger charge is -2.27. The molecule has 0 atom stereocenters. The fourth-order valence-electron chi connectivity index (χ4n) is 2.15. The Bertz CT molecular complexity index is 466. The second-order valence-corrected chi connectivity index (χ2v) is 6.14. The lowest BCUT2D eigenvalue weighted by molar-refractivity contribution is 0.451. The highest BCUT2D eigenvalue weighted by atomic mass is 127. The highest BCUT2D eigenvalue weighted by Crippen LogP contribution is 2.35. The first-order valence-electron chi connectivity index (χ1n) is 6.82. The standard InChI is InChI=1S/C15H23Cl2N3.HI/c1-5-20(6-2)14(18)19-10-15(3,4)13-11(16)8-7-9-12(13)17;/h7-9H,5-6,10H2,1-4H3,(H2,18,19);1H. The molecular formula is C15H24Cl2IN3. The van der Waals surface area contributed by atoms with Crippen LogP contribution in [-0.4, -0.2) is 30.5 Å². The van der Waals surface area contributed by atoms with Gasteiger partial charge in [0.25, 0.3) is 0 Å². The average Bonchev–Trinajstić information content (AvgIpc) is 2.37. The van der Waals surface area contributed by atoms with Gasteiger partial charge in [0.15, 0.2) is 5.96 Å². The quantitative estimate of drug-likeness (QED) is 0.412. The molecule has 0 aliphatic heterocycles. The second-order valence-electron chi connectivity index (χ2n) is 5.33. The van der Waals surface area contributed by atoms with E-state index in [9.17, 15) is 0 Å². The first-order chi connectivity index (χ1) is 9.33. The van der Waals surface area contributed by atoms with Gasteiger partial charge in [-0.2, -0.15) is 0 Å². The summed E-state index contributed by atoms with van der Waals surface area (Å²) in [4.78, 5) is 6.52. The molecule has 0 amide bonds. The highest BCUT2D eigenvalue weighted by Gasteiger charge is 2.26. The van der Waals surface area contributed by atoms with Gasteiger partial charge in [-0.25, -0.2) is 0 Å². The zero-order valence-corrected chi connectivity index (χ0v) is 16.8. The average molecular weight is 444 g/mol. The van der Waals surface area contributed by atoms with Crippen molar-refractivity contribution in [2.75, 3.05) is 19.6 Å². The van der Waals surface area contributed by atoms with E-state index in [1.54, 1.807) is 0 Å². The van der Waals surface area contributed by atoms with Gasteiger partial charge in [-0.3, -0.25) is 4.99 Å². The van der Waals surface area contributed by atoms with Crippen LogP contribution in [0.4, 0.5) is 0 Å². The topological polar surface area (TPSA) is 41.6 Å². The normalized spacial score (nSPS) is 12.0.